The topological polar surface area (TPSA) is 45.7 Å². The van der Waals surface area contributed by atoms with Crippen molar-refractivity contribution in [2.75, 3.05) is 5.32 Å². The van der Waals surface area contributed by atoms with Gasteiger partial charge in [-0.25, -0.2) is 0 Å². The van der Waals surface area contributed by atoms with Gasteiger partial charge in [0.2, 0.25) is 0 Å². The molecular weight excluding hydrogens is 320 g/mol. The van der Waals surface area contributed by atoms with Crippen LogP contribution in [0.3, 0.4) is 0 Å². The first kappa shape index (κ1) is 18.5. The molecule has 3 nitrogen and oxygen atoms in total. The van der Waals surface area contributed by atoms with Crippen molar-refractivity contribution in [3.05, 3.63) is 63.7 Å². The molecule has 2 aromatic carbocycles. The molecule has 4 heteroatoms. The monoisotopic (exact) mass is 345 g/mol. The summed E-state index contributed by atoms with van der Waals surface area (Å²) in [5, 5.41) is 5.87. The number of carbonyl (C=O) groups is 1. The molecule has 0 radical (unpaired) electrons. The largest absolute Gasteiger partial charge is 0.330 e. The number of amides is 1. The molecule has 128 valence electrons. The summed E-state index contributed by atoms with van der Waals surface area (Å²) in [6.07, 6.45) is 0. The molecule has 0 saturated heterocycles. The van der Waals surface area contributed by atoms with Crippen molar-refractivity contribution >= 4 is 23.2 Å². The molecule has 2 aromatic rings. The third kappa shape index (κ3) is 4.59. The lowest BCUT2D eigenvalue weighted by Gasteiger charge is -2.18. The Labute approximate surface area is 149 Å². The molecule has 0 saturated carbocycles. The Hall–Kier alpha value is -1.84. The van der Waals surface area contributed by atoms with Gasteiger partial charge in [0.05, 0.1) is 0 Å². The highest BCUT2D eigenvalue weighted by atomic mass is 35.5. The van der Waals surface area contributed by atoms with Gasteiger partial charge >= 0.3 is 0 Å². The highest BCUT2D eigenvalue weighted by Gasteiger charge is 2.21. The lowest BCUT2D eigenvalue weighted by Crippen LogP contribution is -2.91. The van der Waals surface area contributed by atoms with Crippen molar-refractivity contribution in [2.45, 2.75) is 46.7 Å². The first-order valence-corrected chi connectivity index (χ1v) is 8.65. The minimum Gasteiger partial charge on any atom is -0.330 e. The molecule has 0 aliphatic heterocycles. The summed E-state index contributed by atoms with van der Waals surface area (Å²) in [7, 11) is 0. The second-order valence-corrected chi connectivity index (χ2v) is 7.02. The quantitative estimate of drug-likeness (QED) is 0.847. The van der Waals surface area contributed by atoms with E-state index in [0.717, 1.165) is 27.4 Å². The van der Waals surface area contributed by atoms with Crippen LogP contribution in [0.4, 0.5) is 5.69 Å². The van der Waals surface area contributed by atoms with E-state index in [-0.39, 0.29) is 18.0 Å². The van der Waals surface area contributed by atoms with E-state index in [2.05, 4.69) is 36.6 Å². The van der Waals surface area contributed by atoms with E-state index in [9.17, 15) is 4.79 Å². The van der Waals surface area contributed by atoms with Crippen LogP contribution < -0.4 is 10.6 Å². The maximum Gasteiger partial charge on any atom is 0.282 e. The Morgan fingerprint density at radius 1 is 1.04 bits per heavy atom. The maximum atomic E-state index is 12.6. The van der Waals surface area contributed by atoms with E-state index in [1.165, 1.54) is 5.56 Å². The summed E-state index contributed by atoms with van der Waals surface area (Å²) in [4.78, 5) is 12.6. The molecule has 1 amide bonds. The fraction of sp³-hybridized carbons (Fsp3) is 0.350. The van der Waals surface area contributed by atoms with Gasteiger partial charge in [0, 0.05) is 16.3 Å². The van der Waals surface area contributed by atoms with E-state index in [1.54, 1.807) is 0 Å². The van der Waals surface area contributed by atoms with Gasteiger partial charge in [0.1, 0.15) is 6.04 Å². The van der Waals surface area contributed by atoms with Gasteiger partial charge in [-0.2, -0.15) is 0 Å². The molecule has 0 aliphatic carbocycles. The second kappa shape index (κ2) is 7.82. The van der Waals surface area contributed by atoms with Crippen molar-refractivity contribution in [3.8, 4) is 0 Å². The number of hydrogen-bond acceptors (Lipinski definition) is 1. The molecule has 24 heavy (non-hydrogen) atoms. The van der Waals surface area contributed by atoms with Crippen LogP contribution >= 0.6 is 11.6 Å². The number of benzene rings is 2. The number of hydrogen-bond donors (Lipinski definition) is 2. The van der Waals surface area contributed by atoms with Crippen LogP contribution in [-0.4, -0.2) is 11.9 Å². The average molecular weight is 346 g/mol. The van der Waals surface area contributed by atoms with Crippen LogP contribution in [0.5, 0.6) is 0 Å². The van der Waals surface area contributed by atoms with Crippen LogP contribution in [0.1, 0.15) is 42.1 Å². The molecule has 2 rings (SSSR count). The van der Waals surface area contributed by atoms with E-state index >= 15 is 0 Å². The highest BCUT2D eigenvalue weighted by Crippen LogP contribution is 2.22. The molecular formula is C20H26ClN2O+. The van der Waals surface area contributed by atoms with E-state index in [0.29, 0.717) is 0 Å². The summed E-state index contributed by atoms with van der Waals surface area (Å²) in [5.41, 5.74) is 5.48. The van der Waals surface area contributed by atoms with Crippen molar-refractivity contribution in [1.29, 1.82) is 0 Å². The Bertz CT molecular complexity index is 702. The SMILES string of the molecule is Cc1cc(C)c(NC(=O)[C@@H](C)[NH2+][C@H](C)c2ccc(Cl)cc2)c(C)c1. The number of rotatable bonds is 5. The van der Waals surface area contributed by atoms with Gasteiger partial charge in [-0.1, -0.05) is 41.4 Å². The first-order valence-electron chi connectivity index (χ1n) is 8.27. The van der Waals surface area contributed by atoms with Gasteiger partial charge in [0.15, 0.2) is 6.04 Å². The summed E-state index contributed by atoms with van der Waals surface area (Å²) in [5.74, 6) is 0.0193. The number of anilines is 1. The zero-order valence-electron chi connectivity index (χ0n) is 15.0. The predicted molar refractivity (Wildman–Crippen MR) is 101 cm³/mol. The molecule has 0 spiro atoms. The second-order valence-electron chi connectivity index (χ2n) is 6.58. The average Bonchev–Trinajstić information content (AvgIpc) is 2.51. The number of aryl methyl sites for hydroxylation is 3. The normalized spacial score (nSPS) is 13.4. The van der Waals surface area contributed by atoms with E-state index in [1.807, 2.05) is 45.0 Å². The molecule has 0 fully saturated rings. The van der Waals surface area contributed by atoms with E-state index < -0.39 is 0 Å². The fourth-order valence-corrected chi connectivity index (χ4v) is 3.14. The summed E-state index contributed by atoms with van der Waals surface area (Å²) in [6.45, 7) is 10.1. The number of halogens is 1. The summed E-state index contributed by atoms with van der Waals surface area (Å²) < 4.78 is 0. The van der Waals surface area contributed by atoms with Gasteiger partial charge < -0.3 is 10.6 Å². The zero-order chi connectivity index (χ0) is 17.9. The van der Waals surface area contributed by atoms with Crippen molar-refractivity contribution in [2.24, 2.45) is 0 Å². The van der Waals surface area contributed by atoms with Crippen LogP contribution in [0.25, 0.3) is 0 Å². The molecule has 0 bridgehead atoms. The first-order chi connectivity index (χ1) is 11.3. The van der Waals surface area contributed by atoms with E-state index in [4.69, 9.17) is 11.6 Å². The lowest BCUT2D eigenvalue weighted by atomic mass is 10.0. The van der Waals surface area contributed by atoms with Crippen molar-refractivity contribution in [1.82, 2.24) is 0 Å². The van der Waals surface area contributed by atoms with Gasteiger partial charge in [-0.15, -0.1) is 0 Å². The Balaban J connectivity index is 2.03. The van der Waals surface area contributed by atoms with Crippen LogP contribution in [0, 0.1) is 20.8 Å². The number of quaternary nitrogens is 1. The molecule has 0 aromatic heterocycles. The molecule has 0 aliphatic rings. The molecule has 0 unspecified atom stereocenters. The highest BCUT2D eigenvalue weighted by molar-refractivity contribution is 6.30. The van der Waals surface area contributed by atoms with Crippen molar-refractivity contribution < 1.29 is 10.1 Å². The standard InChI is InChI=1S/C20H25ClN2O/c1-12-10-13(2)19(14(3)11-12)23-20(24)16(5)22-15(4)17-6-8-18(21)9-7-17/h6-11,15-16,22H,1-5H3,(H,23,24)/p+1/t15-,16-/m1/s1. The van der Waals surface area contributed by atoms with Gasteiger partial charge in [-0.3, -0.25) is 4.79 Å². The summed E-state index contributed by atoms with van der Waals surface area (Å²) >= 11 is 5.93. The number of nitrogens with two attached hydrogens (primary N) is 1. The zero-order valence-corrected chi connectivity index (χ0v) is 15.7. The van der Waals surface area contributed by atoms with Crippen LogP contribution in [0.15, 0.2) is 36.4 Å². The third-order valence-corrected chi connectivity index (χ3v) is 4.56. The molecule has 0 heterocycles. The smallest absolute Gasteiger partial charge is 0.282 e. The Morgan fingerprint density at radius 2 is 1.58 bits per heavy atom. The number of nitrogens with one attached hydrogen (secondary N) is 1. The van der Waals surface area contributed by atoms with Crippen LogP contribution in [-0.2, 0) is 4.79 Å². The van der Waals surface area contributed by atoms with Gasteiger partial charge in [-0.05, 0) is 57.9 Å². The molecule has 3 N–H and O–H groups in total. The van der Waals surface area contributed by atoms with Gasteiger partial charge in [0.25, 0.3) is 5.91 Å². The van der Waals surface area contributed by atoms with Crippen molar-refractivity contribution in [3.63, 3.8) is 0 Å². The Morgan fingerprint density at radius 3 is 2.12 bits per heavy atom. The summed E-state index contributed by atoms with van der Waals surface area (Å²) in [6, 6.07) is 11.9. The number of carbonyl (C=O) groups excluding carboxylic acids is 1. The van der Waals surface area contributed by atoms with Crippen LogP contribution in [0.2, 0.25) is 5.02 Å². The molecule has 2 atom stereocenters. The minimum atomic E-state index is -0.184. The fourth-order valence-electron chi connectivity index (χ4n) is 3.01. The Kier molecular flexibility index (Phi) is 6.03. The lowest BCUT2D eigenvalue weighted by molar-refractivity contribution is -0.709. The predicted octanol–water partition coefficient (Wildman–Crippen LogP) is 3.92. The minimum absolute atomic E-state index is 0.0193. The third-order valence-electron chi connectivity index (χ3n) is 4.31. The maximum absolute atomic E-state index is 12.6.